The number of hydrogen-bond donors (Lipinski definition) is 0. The van der Waals surface area contributed by atoms with Crippen molar-refractivity contribution in [1.82, 2.24) is 0 Å². The highest BCUT2D eigenvalue weighted by molar-refractivity contribution is 5.74. The number of aldehydes is 1. The summed E-state index contributed by atoms with van der Waals surface area (Å²) in [5.74, 6) is 0.234. The van der Waals surface area contributed by atoms with Crippen LogP contribution in [0, 0.1) is 0 Å². The Kier molecular flexibility index (Phi) is 5.74. The van der Waals surface area contributed by atoms with E-state index in [0.29, 0.717) is 24.5 Å². The van der Waals surface area contributed by atoms with E-state index in [9.17, 15) is 9.59 Å². The number of benzene rings is 1. The molecule has 0 unspecified atom stereocenters. The largest absolute Gasteiger partial charge is 0.491 e. The van der Waals surface area contributed by atoms with Crippen LogP contribution in [0.5, 0.6) is 5.75 Å². The average Bonchev–Trinajstić information content (AvgIpc) is 2.38. The number of methoxy groups -OCH3 is 1. The molecule has 0 saturated heterocycles. The van der Waals surface area contributed by atoms with Crippen molar-refractivity contribution in [2.75, 3.05) is 26.9 Å². The van der Waals surface area contributed by atoms with E-state index in [0.717, 1.165) is 6.29 Å². The molecule has 0 atom stereocenters. The molecule has 0 N–H and O–H groups in total. The number of carbonyl (C=O) groups excluding carboxylic acids is 2. The van der Waals surface area contributed by atoms with Crippen LogP contribution in [0.3, 0.4) is 0 Å². The Morgan fingerprint density at radius 3 is 2.53 bits per heavy atom. The van der Waals surface area contributed by atoms with E-state index in [-0.39, 0.29) is 6.61 Å². The highest BCUT2D eigenvalue weighted by atomic mass is 16.6. The molecule has 1 aromatic carbocycles. The third-order valence-electron chi connectivity index (χ3n) is 1.96. The molecule has 0 aliphatic rings. The monoisotopic (exact) mass is 238 g/mol. The van der Waals surface area contributed by atoms with Crippen molar-refractivity contribution in [2.45, 2.75) is 0 Å². The summed E-state index contributed by atoms with van der Waals surface area (Å²) in [6.45, 7) is 0.548. The molecule has 0 saturated carbocycles. The normalized spacial score (nSPS) is 9.71. The van der Waals surface area contributed by atoms with Crippen molar-refractivity contribution >= 4 is 12.3 Å². The van der Waals surface area contributed by atoms with Crippen molar-refractivity contribution in [1.29, 1.82) is 0 Å². The molecular formula is C12H14O5. The van der Waals surface area contributed by atoms with Crippen LogP contribution in [-0.4, -0.2) is 39.2 Å². The molecule has 92 valence electrons. The fraction of sp³-hybridized carbons (Fsp3) is 0.333. The van der Waals surface area contributed by atoms with Gasteiger partial charge in [-0.25, -0.2) is 4.79 Å². The Morgan fingerprint density at radius 2 is 1.94 bits per heavy atom. The minimum absolute atomic E-state index is 0.0794. The third-order valence-corrected chi connectivity index (χ3v) is 1.96. The van der Waals surface area contributed by atoms with Gasteiger partial charge >= 0.3 is 5.97 Å². The lowest BCUT2D eigenvalue weighted by Gasteiger charge is -2.06. The second kappa shape index (κ2) is 7.40. The van der Waals surface area contributed by atoms with Crippen LogP contribution >= 0.6 is 0 Å². The van der Waals surface area contributed by atoms with Gasteiger partial charge in [0.25, 0.3) is 0 Å². The van der Waals surface area contributed by atoms with Crippen LogP contribution in [-0.2, 0) is 14.3 Å². The zero-order valence-corrected chi connectivity index (χ0v) is 9.55. The van der Waals surface area contributed by atoms with Crippen LogP contribution in [0.15, 0.2) is 24.3 Å². The molecule has 5 nitrogen and oxygen atoms in total. The first-order chi connectivity index (χ1) is 8.26. The lowest BCUT2D eigenvalue weighted by Crippen LogP contribution is -2.14. The molecule has 5 heteroatoms. The van der Waals surface area contributed by atoms with E-state index in [1.165, 1.54) is 7.11 Å². The molecule has 0 aromatic heterocycles. The van der Waals surface area contributed by atoms with Crippen molar-refractivity contribution in [2.24, 2.45) is 0 Å². The molecule has 0 aliphatic heterocycles. The predicted octanol–water partition coefficient (Wildman–Crippen LogP) is 1.07. The topological polar surface area (TPSA) is 61.8 Å². The van der Waals surface area contributed by atoms with Gasteiger partial charge in [-0.05, 0) is 24.3 Å². The van der Waals surface area contributed by atoms with Crippen molar-refractivity contribution in [3.63, 3.8) is 0 Å². The molecule has 0 fully saturated rings. The van der Waals surface area contributed by atoms with E-state index in [1.54, 1.807) is 24.3 Å². The molecular weight excluding hydrogens is 224 g/mol. The number of rotatable bonds is 7. The minimum Gasteiger partial charge on any atom is -0.491 e. The Bertz CT molecular complexity index is 358. The highest BCUT2D eigenvalue weighted by Gasteiger charge is 1.99. The van der Waals surface area contributed by atoms with Gasteiger partial charge < -0.3 is 14.2 Å². The van der Waals surface area contributed by atoms with Crippen LogP contribution < -0.4 is 4.74 Å². The molecule has 0 heterocycles. The van der Waals surface area contributed by atoms with Crippen LogP contribution in [0.25, 0.3) is 0 Å². The number of hydrogen-bond acceptors (Lipinski definition) is 5. The summed E-state index contributed by atoms with van der Waals surface area (Å²) < 4.78 is 14.7. The van der Waals surface area contributed by atoms with Crippen LogP contribution in [0.4, 0.5) is 0 Å². The summed E-state index contributed by atoms with van der Waals surface area (Å²) in [4.78, 5) is 21.1. The van der Waals surface area contributed by atoms with E-state index in [2.05, 4.69) is 4.74 Å². The summed E-state index contributed by atoms with van der Waals surface area (Å²) in [7, 11) is 1.30. The van der Waals surface area contributed by atoms with Crippen LogP contribution in [0.1, 0.15) is 10.4 Å². The van der Waals surface area contributed by atoms with Crippen molar-refractivity contribution in [3.8, 4) is 5.75 Å². The molecule has 0 radical (unpaired) electrons. The van der Waals surface area contributed by atoms with Gasteiger partial charge in [0.1, 0.15) is 25.2 Å². The maximum Gasteiger partial charge on any atom is 0.331 e. The Morgan fingerprint density at radius 1 is 1.24 bits per heavy atom. The third kappa shape index (κ3) is 5.12. The van der Waals surface area contributed by atoms with E-state index >= 15 is 0 Å². The average molecular weight is 238 g/mol. The minimum atomic E-state index is -0.416. The van der Waals surface area contributed by atoms with Crippen LogP contribution in [0.2, 0.25) is 0 Å². The fourth-order valence-electron chi connectivity index (χ4n) is 1.08. The number of esters is 1. The zero-order valence-electron chi connectivity index (χ0n) is 9.55. The second-order valence-corrected chi connectivity index (χ2v) is 3.16. The second-order valence-electron chi connectivity index (χ2n) is 3.16. The molecule has 1 rings (SSSR count). The molecule has 0 amide bonds. The summed E-state index contributed by atoms with van der Waals surface area (Å²) >= 11 is 0. The maximum absolute atomic E-state index is 10.7. The van der Waals surface area contributed by atoms with Crippen molar-refractivity contribution in [3.05, 3.63) is 29.8 Å². The Balaban J connectivity index is 2.17. The summed E-state index contributed by atoms with van der Waals surface area (Å²) in [6, 6.07) is 6.73. The quantitative estimate of drug-likeness (QED) is 0.404. The first kappa shape index (κ1) is 13.2. The summed E-state index contributed by atoms with van der Waals surface area (Å²) in [6.07, 6.45) is 0.767. The van der Waals surface area contributed by atoms with Gasteiger partial charge in [0.15, 0.2) is 0 Å². The van der Waals surface area contributed by atoms with Gasteiger partial charge in [-0.1, -0.05) is 0 Å². The smallest absolute Gasteiger partial charge is 0.331 e. The van der Waals surface area contributed by atoms with Gasteiger partial charge in [-0.15, -0.1) is 0 Å². The molecule has 0 bridgehead atoms. The van der Waals surface area contributed by atoms with Gasteiger partial charge in [0, 0.05) is 5.56 Å². The SMILES string of the molecule is COC(=O)COCCOc1ccc(C=O)cc1. The summed E-state index contributed by atoms with van der Waals surface area (Å²) in [5.41, 5.74) is 0.597. The first-order valence-corrected chi connectivity index (χ1v) is 5.09. The summed E-state index contributed by atoms with van der Waals surface area (Å²) in [5, 5.41) is 0. The van der Waals surface area contributed by atoms with Gasteiger partial charge in [0.05, 0.1) is 13.7 Å². The van der Waals surface area contributed by atoms with E-state index in [1.807, 2.05) is 0 Å². The number of carbonyl (C=O) groups is 2. The molecule has 0 aliphatic carbocycles. The number of ether oxygens (including phenoxy) is 3. The van der Waals surface area contributed by atoms with Crippen molar-refractivity contribution < 1.29 is 23.8 Å². The standard InChI is InChI=1S/C12H14O5/c1-15-12(14)9-16-6-7-17-11-4-2-10(8-13)3-5-11/h2-5,8H,6-7,9H2,1H3. The van der Waals surface area contributed by atoms with Gasteiger partial charge in [-0.3, -0.25) is 4.79 Å². The van der Waals surface area contributed by atoms with Gasteiger partial charge in [0.2, 0.25) is 0 Å². The Hall–Kier alpha value is -1.88. The van der Waals surface area contributed by atoms with Gasteiger partial charge in [-0.2, -0.15) is 0 Å². The zero-order chi connectivity index (χ0) is 12.5. The Labute approximate surface area is 99.3 Å². The van der Waals surface area contributed by atoms with E-state index < -0.39 is 5.97 Å². The molecule has 17 heavy (non-hydrogen) atoms. The lowest BCUT2D eigenvalue weighted by atomic mass is 10.2. The lowest BCUT2D eigenvalue weighted by molar-refractivity contribution is -0.146. The maximum atomic E-state index is 10.7. The fourth-order valence-corrected chi connectivity index (χ4v) is 1.08. The molecule has 1 aromatic rings. The first-order valence-electron chi connectivity index (χ1n) is 5.09. The van der Waals surface area contributed by atoms with E-state index in [4.69, 9.17) is 9.47 Å². The predicted molar refractivity (Wildman–Crippen MR) is 60.2 cm³/mol. The molecule has 0 spiro atoms. The highest BCUT2D eigenvalue weighted by Crippen LogP contribution is 2.10.